The minimum atomic E-state index is -0.674. The van der Waals surface area contributed by atoms with Crippen LogP contribution in [0, 0.1) is 5.92 Å². The van der Waals surface area contributed by atoms with Gasteiger partial charge in [0.15, 0.2) is 0 Å². The quantitative estimate of drug-likeness (QED) is 0.819. The molecule has 0 radical (unpaired) electrons. The van der Waals surface area contributed by atoms with Crippen LogP contribution in [0.3, 0.4) is 0 Å². The Morgan fingerprint density at radius 2 is 2.15 bits per heavy atom. The van der Waals surface area contributed by atoms with Crippen LogP contribution in [0.1, 0.15) is 63.0 Å². The molecule has 2 atom stereocenters. The molecule has 1 aliphatic heterocycles. The maximum absolute atomic E-state index is 11.2. The van der Waals surface area contributed by atoms with E-state index in [1.165, 1.54) is 18.4 Å². The van der Waals surface area contributed by atoms with Gasteiger partial charge in [-0.05, 0) is 50.0 Å². The van der Waals surface area contributed by atoms with Crippen LogP contribution in [-0.2, 0) is 12.0 Å². The highest BCUT2D eigenvalue weighted by Crippen LogP contribution is 2.44. The summed E-state index contributed by atoms with van der Waals surface area (Å²) < 4.78 is 5.91. The molecule has 2 heteroatoms. The smallest absolute Gasteiger partial charge is 0.128 e. The first kappa shape index (κ1) is 13.9. The van der Waals surface area contributed by atoms with Crippen LogP contribution in [-0.4, -0.2) is 11.7 Å². The Kier molecular flexibility index (Phi) is 4.02. The highest BCUT2D eigenvalue weighted by atomic mass is 16.5. The van der Waals surface area contributed by atoms with Crippen molar-refractivity contribution in [2.75, 3.05) is 6.61 Å². The topological polar surface area (TPSA) is 29.5 Å². The Bertz CT molecular complexity index is 468. The van der Waals surface area contributed by atoms with E-state index in [0.29, 0.717) is 0 Å². The average molecular weight is 274 g/mol. The molecule has 1 aliphatic carbocycles. The van der Waals surface area contributed by atoms with E-state index in [1.807, 2.05) is 0 Å². The first-order valence-corrected chi connectivity index (χ1v) is 8.20. The van der Waals surface area contributed by atoms with Crippen LogP contribution in [0.2, 0.25) is 0 Å². The van der Waals surface area contributed by atoms with Crippen molar-refractivity contribution < 1.29 is 9.84 Å². The van der Waals surface area contributed by atoms with Crippen LogP contribution in [0.15, 0.2) is 18.2 Å². The number of para-hydroxylation sites is 1. The third-order valence-corrected chi connectivity index (χ3v) is 5.18. The normalized spacial score (nSPS) is 30.2. The van der Waals surface area contributed by atoms with E-state index >= 15 is 0 Å². The minimum absolute atomic E-state index is 0.674. The van der Waals surface area contributed by atoms with Gasteiger partial charge in [0.05, 0.1) is 12.2 Å². The first-order chi connectivity index (χ1) is 9.73. The molecular weight excluding hydrogens is 248 g/mol. The molecule has 0 bridgehead atoms. The highest BCUT2D eigenvalue weighted by Gasteiger charge is 2.35. The summed E-state index contributed by atoms with van der Waals surface area (Å²) in [4.78, 5) is 0. The first-order valence-electron chi connectivity index (χ1n) is 8.20. The fourth-order valence-electron chi connectivity index (χ4n) is 3.83. The lowest BCUT2D eigenvalue weighted by molar-refractivity contribution is 0.0163. The number of aliphatic hydroxyl groups is 1. The Morgan fingerprint density at radius 3 is 3.00 bits per heavy atom. The van der Waals surface area contributed by atoms with E-state index in [2.05, 4.69) is 25.1 Å². The number of aryl methyl sites for hydroxylation is 1. The van der Waals surface area contributed by atoms with Crippen molar-refractivity contribution in [2.45, 2.75) is 63.9 Å². The lowest BCUT2D eigenvalue weighted by Crippen LogP contribution is -2.27. The van der Waals surface area contributed by atoms with Gasteiger partial charge in [0.1, 0.15) is 5.75 Å². The predicted octanol–water partition coefficient (Wildman–Crippen LogP) is 4.19. The van der Waals surface area contributed by atoms with Gasteiger partial charge in [-0.2, -0.15) is 0 Å². The molecule has 2 aliphatic rings. The fraction of sp³-hybridized carbons (Fsp3) is 0.667. The van der Waals surface area contributed by atoms with Gasteiger partial charge < -0.3 is 9.84 Å². The molecule has 0 saturated heterocycles. The molecule has 110 valence electrons. The maximum atomic E-state index is 11.2. The second-order valence-corrected chi connectivity index (χ2v) is 6.48. The van der Waals surface area contributed by atoms with Crippen LogP contribution >= 0.6 is 0 Å². The lowest BCUT2D eigenvalue weighted by Gasteiger charge is -2.31. The van der Waals surface area contributed by atoms with Crippen molar-refractivity contribution in [3.8, 4) is 5.75 Å². The summed E-state index contributed by atoms with van der Waals surface area (Å²) in [6.45, 7) is 3.06. The van der Waals surface area contributed by atoms with Crippen molar-refractivity contribution in [1.82, 2.24) is 0 Å². The number of hydrogen-bond donors (Lipinski definition) is 1. The molecule has 2 unspecified atom stereocenters. The van der Waals surface area contributed by atoms with E-state index in [1.54, 1.807) is 0 Å². The van der Waals surface area contributed by atoms with E-state index < -0.39 is 5.60 Å². The third-order valence-electron chi connectivity index (χ3n) is 5.18. The number of rotatable bonds is 2. The molecule has 3 rings (SSSR count). The van der Waals surface area contributed by atoms with E-state index in [9.17, 15) is 5.11 Å². The highest BCUT2D eigenvalue weighted by molar-refractivity contribution is 5.46. The summed E-state index contributed by atoms with van der Waals surface area (Å²) in [5.41, 5.74) is 1.65. The Morgan fingerprint density at radius 1 is 1.25 bits per heavy atom. The van der Waals surface area contributed by atoms with Crippen molar-refractivity contribution in [3.63, 3.8) is 0 Å². The number of hydrogen-bond acceptors (Lipinski definition) is 2. The number of fused-ring (bicyclic) bond motifs is 1. The van der Waals surface area contributed by atoms with Gasteiger partial charge in [0.25, 0.3) is 0 Å². The SMILES string of the molecule is CCC1CCCC(O)(c2cccc3c2OCCC3)CC1. The lowest BCUT2D eigenvalue weighted by atomic mass is 9.83. The summed E-state index contributed by atoms with van der Waals surface area (Å²) in [7, 11) is 0. The van der Waals surface area contributed by atoms with Gasteiger partial charge in [0, 0.05) is 5.56 Å². The zero-order valence-electron chi connectivity index (χ0n) is 12.5. The molecular formula is C18H26O2. The molecule has 1 aromatic carbocycles. The molecule has 20 heavy (non-hydrogen) atoms. The molecule has 1 N–H and O–H groups in total. The molecule has 1 fully saturated rings. The van der Waals surface area contributed by atoms with Crippen LogP contribution < -0.4 is 4.74 Å². The zero-order chi connectivity index (χ0) is 14.0. The average Bonchev–Trinajstić information content (AvgIpc) is 2.69. The van der Waals surface area contributed by atoms with Crippen molar-refractivity contribution in [2.24, 2.45) is 5.92 Å². The monoisotopic (exact) mass is 274 g/mol. The van der Waals surface area contributed by atoms with Gasteiger partial charge in [-0.1, -0.05) is 38.0 Å². The van der Waals surface area contributed by atoms with Gasteiger partial charge in [-0.25, -0.2) is 0 Å². The standard InChI is InChI=1S/C18H26O2/c1-2-14-6-4-11-18(19,12-10-14)16-9-3-7-15-8-5-13-20-17(15)16/h3,7,9,14,19H,2,4-6,8,10-13H2,1H3. The molecule has 1 saturated carbocycles. The molecule has 1 heterocycles. The second-order valence-electron chi connectivity index (χ2n) is 6.48. The Balaban J connectivity index is 1.91. The Hall–Kier alpha value is -1.02. The second kappa shape index (κ2) is 5.77. The van der Waals surface area contributed by atoms with Crippen molar-refractivity contribution >= 4 is 0 Å². The maximum Gasteiger partial charge on any atom is 0.128 e. The van der Waals surface area contributed by atoms with Gasteiger partial charge in [-0.15, -0.1) is 0 Å². The summed E-state index contributed by atoms with van der Waals surface area (Å²) in [5.74, 6) is 1.76. The van der Waals surface area contributed by atoms with E-state index in [4.69, 9.17) is 4.74 Å². The summed E-state index contributed by atoms with van der Waals surface area (Å²) in [5, 5.41) is 11.2. The molecule has 1 aromatic rings. The number of ether oxygens (including phenoxy) is 1. The predicted molar refractivity (Wildman–Crippen MR) is 81.0 cm³/mol. The van der Waals surface area contributed by atoms with Crippen molar-refractivity contribution in [1.29, 1.82) is 0 Å². The van der Waals surface area contributed by atoms with E-state index in [0.717, 1.165) is 62.4 Å². The fourth-order valence-corrected chi connectivity index (χ4v) is 3.83. The van der Waals surface area contributed by atoms with Crippen molar-refractivity contribution in [3.05, 3.63) is 29.3 Å². The third kappa shape index (κ3) is 2.58. The summed E-state index contributed by atoms with van der Waals surface area (Å²) in [6, 6.07) is 6.31. The molecule has 0 aromatic heterocycles. The molecule has 2 nitrogen and oxygen atoms in total. The summed E-state index contributed by atoms with van der Waals surface area (Å²) >= 11 is 0. The molecule has 0 amide bonds. The van der Waals surface area contributed by atoms with Crippen LogP contribution in [0.5, 0.6) is 5.75 Å². The Labute approximate surface area is 122 Å². The number of benzene rings is 1. The molecule has 0 spiro atoms. The van der Waals surface area contributed by atoms with E-state index in [-0.39, 0.29) is 0 Å². The summed E-state index contributed by atoms with van der Waals surface area (Å²) in [6.07, 6.45) is 8.68. The van der Waals surface area contributed by atoms with Crippen LogP contribution in [0.25, 0.3) is 0 Å². The van der Waals surface area contributed by atoms with Crippen LogP contribution in [0.4, 0.5) is 0 Å². The minimum Gasteiger partial charge on any atom is -0.493 e. The zero-order valence-corrected chi connectivity index (χ0v) is 12.5. The van der Waals surface area contributed by atoms with Gasteiger partial charge in [-0.3, -0.25) is 0 Å². The van der Waals surface area contributed by atoms with Gasteiger partial charge in [0.2, 0.25) is 0 Å². The largest absolute Gasteiger partial charge is 0.493 e. The van der Waals surface area contributed by atoms with Gasteiger partial charge >= 0.3 is 0 Å².